The number of Topliss-reactive ketones (excluding diaryl/α,β-unsaturated/α-hetero) is 1. The third-order valence-corrected chi connectivity index (χ3v) is 9.13. The van der Waals surface area contributed by atoms with Crippen molar-refractivity contribution in [2.24, 2.45) is 5.41 Å². The molecule has 7 rings (SSSR count). The largest absolute Gasteiger partial charge is 0.360 e. The number of anilines is 1. The first-order valence-electron chi connectivity index (χ1n) is 11.8. The lowest BCUT2D eigenvalue weighted by Gasteiger charge is -2.41. The van der Waals surface area contributed by atoms with Crippen LogP contribution in [0.25, 0.3) is 10.9 Å². The zero-order valence-electron chi connectivity index (χ0n) is 19.4. The van der Waals surface area contributed by atoms with Crippen LogP contribution < -0.4 is 5.32 Å². The van der Waals surface area contributed by atoms with Gasteiger partial charge < -0.3 is 15.3 Å². The number of para-hydroxylation sites is 1. The summed E-state index contributed by atoms with van der Waals surface area (Å²) in [4.78, 5) is 42.1. The average molecular weight is 495 g/mol. The van der Waals surface area contributed by atoms with Crippen LogP contribution >= 0.6 is 11.8 Å². The van der Waals surface area contributed by atoms with E-state index in [4.69, 9.17) is 0 Å². The van der Waals surface area contributed by atoms with E-state index in [1.165, 1.54) is 0 Å². The Morgan fingerprint density at radius 2 is 2.11 bits per heavy atom. The van der Waals surface area contributed by atoms with Crippen molar-refractivity contribution in [3.05, 3.63) is 83.6 Å². The van der Waals surface area contributed by atoms with E-state index in [0.29, 0.717) is 34.3 Å². The Morgan fingerprint density at radius 3 is 2.92 bits per heavy atom. The Balaban J connectivity index is 1.60. The number of benzene rings is 2. The third kappa shape index (κ3) is 2.36. The summed E-state index contributed by atoms with van der Waals surface area (Å²) in [6.45, 7) is 1.96. The van der Waals surface area contributed by atoms with Crippen molar-refractivity contribution >= 4 is 40.0 Å². The van der Waals surface area contributed by atoms with Crippen molar-refractivity contribution in [1.29, 1.82) is 5.26 Å². The molecule has 1 amide bonds. The maximum atomic E-state index is 14.9. The zero-order chi connectivity index (χ0) is 24.7. The van der Waals surface area contributed by atoms with Crippen molar-refractivity contribution in [2.75, 3.05) is 16.9 Å². The average Bonchev–Trinajstić information content (AvgIpc) is 3.69. The Morgan fingerprint density at radius 1 is 1.25 bits per heavy atom. The maximum Gasteiger partial charge on any atom is 0.251 e. The van der Waals surface area contributed by atoms with Crippen LogP contribution in [0.15, 0.2) is 61.1 Å². The summed E-state index contributed by atoms with van der Waals surface area (Å²) in [7, 11) is 0. The molecule has 0 radical (unpaired) electrons. The number of carbonyl (C=O) groups excluding carboxylic acids is 2. The number of hydrogen-bond acceptors (Lipinski definition) is 6. The van der Waals surface area contributed by atoms with Gasteiger partial charge in [0.05, 0.1) is 12.0 Å². The molecule has 36 heavy (non-hydrogen) atoms. The molecule has 178 valence electrons. The van der Waals surface area contributed by atoms with Gasteiger partial charge in [-0.15, -0.1) is 11.8 Å². The fourth-order valence-corrected chi connectivity index (χ4v) is 8.01. The van der Waals surface area contributed by atoms with Crippen LogP contribution in [0.4, 0.5) is 5.69 Å². The van der Waals surface area contributed by atoms with Gasteiger partial charge in [0, 0.05) is 64.0 Å². The van der Waals surface area contributed by atoms with Gasteiger partial charge >= 0.3 is 0 Å². The highest BCUT2D eigenvalue weighted by atomic mass is 32.2. The molecule has 4 aromatic rings. The van der Waals surface area contributed by atoms with E-state index >= 15 is 0 Å². The first-order valence-corrected chi connectivity index (χ1v) is 13.0. The van der Waals surface area contributed by atoms with E-state index in [0.717, 1.165) is 16.5 Å². The summed E-state index contributed by atoms with van der Waals surface area (Å²) < 4.78 is 0. The van der Waals surface area contributed by atoms with E-state index in [-0.39, 0.29) is 17.7 Å². The quantitative estimate of drug-likeness (QED) is 0.372. The summed E-state index contributed by atoms with van der Waals surface area (Å²) in [6.07, 6.45) is 5.01. The van der Waals surface area contributed by atoms with Gasteiger partial charge in [-0.1, -0.05) is 35.9 Å². The number of carbonyl (C=O) groups is 2. The Labute approximate surface area is 211 Å². The number of H-pyrrole nitrogens is 2. The van der Waals surface area contributed by atoms with Crippen LogP contribution in [0.5, 0.6) is 0 Å². The van der Waals surface area contributed by atoms with E-state index < -0.39 is 16.9 Å². The van der Waals surface area contributed by atoms with Gasteiger partial charge in [0.15, 0.2) is 16.7 Å². The van der Waals surface area contributed by atoms with Crippen LogP contribution in [0.3, 0.4) is 0 Å². The molecular formula is C27H22N6O2S. The van der Waals surface area contributed by atoms with Crippen LogP contribution in [-0.2, 0) is 10.3 Å². The molecule has 3 aliphatic heterocycles. The number of imidazole rings is 1. The summed E-state index contributed by atoms with van der Waals surface area (Å²) in [5, 5.41) is 14.9. The number of hydrogen-bond donors (Lipinski definition) is 3. The number of thioether (sulfide) groups is 1. The maximum absolute atomic E-state index is 14.9. The van der Waals surface area contributed by atoms with E-state index in [1.54, 1.807) is 30.4 Å². The number of nitrogens with one attached hydrogen (secondary N) is 3. The number of fused-ring (bicyclic) bond motifs is 5. The standard InChI is InChI=1S/C27H22N6O2S/c1-15-6-7-20-18(10-15)27(25(35)32-20)26(13-28,23(34)17-11-31-19-5-3-2-4-16(17)19)22(24-29-8-9-30-24)21-12-36-14-33(21)27/h2-11,21-22,31H,12,14H2,1H3,(H,29,30)(H,32,35)/t21?,22-,26+,27-/m1/s1. The monoisotopic (exact) mass is 494 g/mol. The minimum absolute atomic E-state index is 0.229. The van der Waals surface area contributed by atoms with E-state index in [2.05, 4.69) is 31.2 Å². The molecule has 1 unspecified atom stereocenters. The second-order valence-corrected chi connectivity index (χ2v) is 10.7. The second kappa shape index (κ2) is 7.32. The molecule has 2 fully saturated rings. The number of aromatic nitrogens is 3. The summed E-state index contributed by atoms with van der Waals surface area (Å²) in [6, 6.07) is 15.5. The van der Waals surface area contributed by atoms with Crippen molar-refractivity contribution in [3.8, 4) is 6.07 Å². The lowest BCUT2D eigenvalue weighted by Crippen LogP contribution is -2.59. The first-order chi connectivity index (χ1) is 17.5. The summed E-state index contributed by atoms with van der Waals surface area (Å²) in [5.74, 6) is 0.436. The van der Waals surface area contributed by atoms with Crippen molar-refractivity contribution in [3.63, 3.8) is 0 Å². The van der Waals surface area contributed by atoms with Gasteiger partial charge in [-0.2, -0.15) is 5.26 Å². The van der Waals surface area contributed by atoms with Gasteiger partial charge in [-0.25, -0.2) is 4.98 Å². The molecule has 2 aromatic heterocycles. The number of aromatic amines is 2. The molecule has 3 N–H and O–H groups in total. The van der Waals surface area contributed by atoms with E-state index in [9.17, 15) is 14.9 Å². The summed E-state index contributed by atoms with van der Waals surface area (Å²) >= 11 is 1.71. The highest BCUT2D eigenvalue weighted by Crippen LogP contribution is 2.67. The Hall–Kier alpha value is -3.87. The molecule has 4 atom stereocenters. The summed E-state index contributed by atoms with van der Waals surface area (Å²) in [5.41, 5.74) is 0.247. The van der Waals surface area contributed by atoms with Crippen molar-refractivity contribution in [1.82, 2.24) is 19.9 Å². The predicted octanol–water partition coefficient (Wildman–Crippen LogP) is 3.91. The number of amides is 1. The van der Waals surface area contributed by atoms with Gasteiger partial charge in [-0.3, -0.25) is 14.5 Å². The zero-order valence-corrected chi connectivity index (χ0v) is 20.2. The third-order valence-electron chi connectivity index (χ3n) is 8.10. The molecule has 2 saturated heterocycles. The molecule has 8 nitrogen and oxygen atoms in total. The molecule has 5 heterocycles. The second-order valence-electron chi connectivity index (χ2n) is 9.70. The number of nitriles is 1. The van der Waals surface area contributed by atoms with Gasteiger partial charge in [0.2, 0.25) is 0 Å². The molecule has 0 aliphatic carbocycles. The fourth-order valence-electron chi connectivity index (χ4n) is 6.71. The van der Waals surface area contributed by atoms with Crippen molar-refractivity contribution < 1.29 is 9.59 Å². The highest BCUT2D eigenvalue weighted by molar-refractivity contribution is 7.99. The molecule has 0 saturated carbocycles. The van der Waals surface area contributed by atoms with Crippen molar-refractivity contribution in [2.45, 2.75) is 24.4 Å². The van der Waals surface area contributed by atoms with Gasteiger partial charge in [0.1, 0.15) is 5.82 Å². The molecular weight excluding hydrogens is 472 g/mol. The van der Waals surface area contributed by atoms with Gasteiger partial charge in [0.25, 0.3) is 5.91 Å². The highest BCUT2D eigenvalue weighted by Gasteiger charge is 2.79. The lowest BCUT2D eigenvalue weighted by atomic mass is 9.59. The number of rotatable bonds is 3. The first kappa shape index (κ1) is 21.4. The molecule has 3 aliphatic rings. The number of ketones is 1. The Kier molecular flexibility index (Phi) is 4.36. The number of aryl methyl sites for hydroxylation is 1. The number of nitrogens with zero attached hydrogens (tertiary/aromatic N) is 3. The van der Waals surface area contributed by atoms with Crippen LogP contribution in [0.1, 0.15) is 33.2 Å². The molecule has 9 heteroatoms. The molecule has 2 aromatic carbocycles. The van der Waals surface area contributed by atoms with Crippen LogP contribution in [0, 0.1) is 23.7 Å². The van der Waals surface area contributed by atoms with E-state index in [1.807, 2.05) is 49.4 Å². The SMILES string of the molecule is Cc1ccc2c(c1)[C@]1(C(=O)N2)N2CSCC2[C@H](c2ncc[nH]2)[C@@]1(C#N)C(=O)c1c[nH]c2ccccc12. The minimum Gasteiger partial charge on any atom is -0.360 e. The predicted molar refractivity (Wildman–Crippen MR) is 136 cm³/mol. The molecule has 0 bridgehead atoms. The lowest BCUT2D eigenvalue weighted by molar-refractivity contribution is -0.129. The van der Waals surface area contributed by atoms with Gasteiger partial charge in [-0.05, 0) is 19.1 Å². The topological polar surface area (TPSA) is 118 Å². The fraction of sp³-hybridized carbons (Fsp3) is 0.259. The minimum atomic E-state index is -1.76. The smallest absolute Gasteiger partial charge is 0.251 e. The molecule has 1 spiro atoms. The Bertz CT molecular complexity index is 1600. The van der Waals surface area contributed by atoms with Crippen LogP contribution in [0.2, 0.25) is 0 Å². The van der Waals surface area contributed by atoms with Crippen LogP contribution in [-0.4, -0.2) is 49.2 Å². The normalized spacial score (nSPS) is 28.8.